The van der Waals surface area contributed by atoms with Crippen LogP contribution in [-0.2, 0) is 0 Å². The molecule has 0 atom stereocenters. The first kappa shape index (κ1) is 16.8. The minimum Gasteiger partial charge on any atom is -0.486 e. The van der Waals surface area contributed by atoms with Gasteiger partial charge in [0.1, 0.15) is 24.7 Å². The molecule has 1 amide bonds. The Morgan fingerprint density at radius 3 is 2.59 bits per heavy atom. The first-order valence-corrected chi connectivity index (χ1v) is 8.55. The summed E-state index contributed by atoms with van der Waals surface area (Å²) in [6.07, 6.45) is 2.97. The first-order chi connectivity index (χ1) is 13.2. The average molecular weight is 362 g/mol. The van der Waals surface area contributed by atoms with Crippen molar-refractivity contribution in [3.63, 3.8) is 0 Å². The highest BCUT2D eigenvalue weighted by molar-refractivity contribution is 6.02. The van der Waals surface area contributed by atoms with Crippen LogP contribution in [0, 0.1) is 6.92 Å². The van der Waals surface area contributed by atoms with Gasteiger partial charge in [-0.2, -0.15) is 0 Å². The van der Waals surface area contributed by atoms with Crippen LogP contribution in [0.25, 0.3) is 0 Å². The van der Waals surface area contributed by atoms with E-state index in [4.69, 9.17) is 9.47 Å². The van der Waals surface area contributed by atoms with Crippen LogP contribution in [0.4, 0.5) is 17.2 Å². The minimum absolute atomic E-state index is 0.222. The summed E-state index contributed by atoms with van der Waals surface area (Å²) in [5, 5.41) is 5.98. The van der Waals surface area contributed by atoms with E-state index in [1.807, 2.05) is 31.2 Å². The summed E-state index contributed by atoms with van der Waals surface area (Å²) in [6, 6.07) is 13.1. The van der Waals surface area contributed by atoms with Crippen LogP contribution in [-0.4, -0.2) is 29.1 Å². The second kappa shape index (κ2) is 7.33. The van der Waals surface area contributed by atoms with Crippen molar-refractivity contribution in [2.24, 2.45) is 0 Å². The molecule has 0 bridgehead atoms. The van der Waals surface area contributed by atoms with Crippen LogP contribution < -0.4 is 20.1 Å². The van der Waals surface area contributed by atoms with Gasteiger partial charge in [0.15, 0.2) is 11.5 Å². The molecule has 27 heavy (non-hydrogen) atoms. The number of aromatic nitrogens is 2. The molecular weight excluding hydrogens is 344 g/mol. The molecule has 0 spiro atoms. The molecule has 7 heteroatoms. The highest BCUT2D eigenvalue weighted by Crippen LogP contribution is 2.32. The van der Waals surface area contributed by atoms with Gasteiger partial charge in [-0.15, -0.1) is 0 Å². The average Bonchev–Trinajstić information content (AvgIpc) is 2.70. The SMILES string of the molecule is Cc1ccccc1Nc1cnc(C(=O)Nc2ccc3c(c2)OCCO3)cn1. The molecule has 1 aliphatic heterocycles. The Kier molecular flexibility index (Phi) is 4.57. The largest absolute Gasteiger partial charge is 0.486 e. The van der Waals surface area contributed by atoms with Gasteiger partial charge in [-0.3, -0.25) is 4.79 Å². The summed E-state index contributed by atoms with van der Waals surface area (Å²) in [5.41, 5.74) is 2.87. The summed E-state index contributed by atoms with van der Waals surface area (Å²) < 4.78 is 11.0. The van der Waals surface area contributed by atoms with Crippen LogP contribution in [0.5, 0.6) is 11.5 Å². The Morgan fingerprint density at radius 2 is 1.81 bits per heavy atom. The van der Waals surface area contributed by atoms with Gasteiger partial charge >= 0.3 is 0 Å². The summed E-state index contributed by atoms with van der Waals surface area (Å²) in [6.45, 7) is 3.02. The lowest BCUT2D eigenvalue weighted by atomic mass is 10.2. The predicted molar refractivity (Wildman–Crippen MR) is 102 cm³/mol. The number of fused-ring (bicyclic) bond motifs is 1. The van der Waals surface area contributed by atoms with Crippen molar-refractivity contribution in [3.05, 3.63) is 66.1 Å². The van der Waals surface area contributed by atoms with Crippen molar-refractivity contribution in [1.29, 1.82) is 0 Å². The fourth-order valence-corrected chi connectivity index (χ4v) is 2.68. The summed E-state index contributed by atoms with van der Waals surface area (Å²) in [5.74, 6) is 1.51. The van der Waals surface area contributed by atoms with Crippen molar-refractivity contribution < 1.29 is 14.3 Å². The van der Waals surface area contributed by atoms with E-state index in [1.165, 1.54) is 12.4 Å². The molecule has 2 N–H and O–H groups in total. The van der Waals surface area contributed by atoms with E-state index in [0.29, 0.717) is 36.2 Å². The van der Waals surface area contributed by atoms with Gasteiger partial charge in [-0.05, 0) is 30.7 Å². The molecule has 0 aliphatic carbocycles. The van der Waals surface area contributed by atoms with E-state index in [1.54, 1.807) is 18.2 Å². The number of aryl methyl sites for hydroxylation is 1. The molecule has 0 saturated carbocycles. The third kappa shape index (κ3) is 3.82. The quantitative estimate of drug-likeness (QED) is 0.738. The van der Waals surface area contributed by atoms with Crippen LogP contribution in [0.1, 0.15) is 16.1 Å². The Hall–Kier alpha value is -3.61. The maximum Gasteiger partial charge on any atom is 0.275 e. The molecule has 2 heterocycles. The maximum absolute atomic E-state index is 12.4. The number of hydrogen-bond acceptors (Lipinski definition) is 6. The van der Waals surface area contributed by atoms with E-state index in [2.05, 4.69) is 20.6 Å². The molecule has 0 unspecified atom stereocenters. The van der Waals surface area contributed by atoms with Crippen molar-refractivity contribution in [2.75, 3.05) is 23.8 Å². The third-order valence-corrected chi connectivity index (χ3v) is 4.09. The number of rotatable bonds is 4. The monoisotopic (exact) mass is 362 g/mol. The topological polar surface area (TPSA) is 85.4 Å². The first-order valence-electron chi connectivity index (χ1n) is 8.55. The van der Waals surface area contributed by atoms with Crippen LogP contribution in [0.3, 0.4) is 0 Å². The van der Waals surface area contributed by atoms with Gasteiger partial charge in [0, 0.05) is 17.4 Å². The number of nitrogens with one attached hydrogen (secondary N) is 2. The number of carbonyl (C=O) groups excluding carboxylic acids is 1. The van der Waals surface area contributed by atoms with E-state index in [9.17, 15) is 4.79 Å². The number of hydrogen-bond donors (Lipinski definition) is 2. The van der Waals surface area contributed by atoms with E-state index in [-0.39, 0.29) is 11.6 Å². The summed E-state index contributed by atoms with van der Waals surface area (Å²) >= 11 is 0. The molecule has 1 aromatic heterocycles. The zero-order chi connectivity index (χ0) is 18.6. The summed E-state index contributed by atoms with van der Waals surface area (Å²) in [7, 11) is 0. The molecule has 1 aliphatic rings. The molecule has 2 aromatic carbocycles. The number of anilines is 3. The smallest absolute Gasteiger partial charge is 0.275 e. The standard InChI is InChI=1S/C20H18N4O3/c1-13-4-2-3-5-15(13)24-19-12-21-16(11-22-19)20(25)23-14-6-7-17-18(10-14)27-9-8-26-17/h2-7,10-12H,8-9H2,1H3,(H,22,24)(H,23,25). The zero-order valence-corrected chi connectivity index (χ0v) is 14.7. The Labute approximate surface area is 156 Å². The van der Waals surface area contributed by atoms with Crippen LogP contribution in [0.2, 0.25) is 0 Å². The normalized spacial score (nSPS) is 12.3. The Bertz CT molecular complexity index is 973. The van der Waals surface area contributed by atoms with Crippen molar-refractivity contribution in [1.82, 2.24) is 9.97 Å². The van der Waals surface area contributed by atoms with Gasteiger partial charge in [0.25, 0.3) is 5.91 Å². The van der Waals surface area contributed by atoms with Crippen LogP contribution >= 0.6 is 0 Å². The zero-order valence-electron chi connectivity index (χ0n) is 14.7. The lowest BCUT2D eigenvalue weighted by Crippen LogP contribution is -2.17. The maximum atomic E-state index is 12.4. The number of carbonyl (C=O) groups is 1. The van der Waals surface area contributed by atoms with Gasteiger partial charge in [0.05, 0.1) is 12.4 Å². The molecule has 136 valence electrons. The second-order valence-corrected chi connectivity index (χ2v) is 6.04. The van der Waals surface area contributed by atoms with Crippen molar-refractivity contribution >= 4 is 23.1 Å². The molecular formula is C20H18N4O3. The second-order valence-electron chi connectivity index (χ2n) is 6.04. The molecule has 0 saturated heterocycles. The molecule has 7 nitrogen and oxygen atoms in total. The third-order valence-electron chi connectivity index (χ3n) is 4.09. The number of para-hydroxylation sites is 1. The van der Waals surface area contributed by atoms with Gasteiger partial charge in [-0.1, -0.05) is 18.2 Å². The van der Waals surface area contributed by atoms with Gasteiger partial charge in [0.2, 0.25) is 0 Å². The minimum atomic E-state index is -0.346. The lowest BCUT2D eigenvalue weighted by Gasteiger charge is -2.18. The van der Waals surface area contributed by atoms with Crippen LogP contribution in [0.15, 0.2) is 54.9 Å². The fraction of sp³-hybridized carbons (Fsp3) is 0.150. The van der Waals surface area contributed by atoms with Gasteiger partial charge < -0.3 is 20.1 Å². The predicted octanol–water partition coefficient (Wildman–Crippen LogP) is 3.55. The summed E-state index contributed by atoms with van der Waals surface area (Å²) in [4.78, 5) is 20.9. The molecule has 0 fully saturated rings. The molecule has 4 rings (SSSR count). The number of nitrogens with zero attached hydrogens (tertiary/aromatic N) is 2. The highest BCUT2D eigenvalue weighted by Gasteiger charge is 2.14. The lowest BCUT2D eigenvalue weighted by molar-refractivity contribution is 0.102. The van der Waals surface area contributed by atoms with Crippen molar-refractivity contribution in [3.8, 4) is 11.5 Å². The Morgan fingerprint density at radius 1 is 1.00 bits per heavy atom. The number of amides is 1. The Balaban J connectivity index is 1.44. The number of ether oxygens (including phenoxy) is 2. The van der Waals surface area contributed by atoms with Crippen molar-refractivity contribution in [2.45, 2.75) is 6.92 Å². The van der Waals surface area contributed by atoms with E-state index < -0.39 is 0 Å². The fourth-order valence-electron chi connectivity index (χ4n) is 2.68. The number of benzene rings is 2. The van der Waals surface area contributed by atoms with Gasteiger partial charge in [-0.25, -0.2) is 9.97 Å². The highest BCUT2D eigenvalue weighted by atomic mass is 16.6. The molecule has 0 radical (unpaired) electrons. The van der Waals surface area contributed by atoms with E-state index in [0.717, 1.165) is 11.3 Å². The molecule has 3 aromatic rings. The van der Waals surface area contributed by atoms with E-state index >= 15 is 0 Å².